The number of hydrogen-bond donors (Lipinski definition) is 0. The molecule has 0 N–H and O–H groups in total. The highest BCUT2D eigenvalue weighted by atomic mass is 16.5. The van der Waals surface area contributed by atoms with Crippen LogP contribution in [-0.4, -0.2) is 11.8 Å². The van der Waals surface area contributed by atoms with E-state index in [1.54, 1.807) is 6.92 Å². The lowest BCUT2D eigenvalue weighted by atomic mass is 10.2. The number of aromatic nitrogens is 1. The van der Waals surface area contributed by atoms with E-state index in [9.17, 15) is 5.11 Å². The third kappa shape index (κ3) is 2.16. The molecule has 0 unspecified atom stereocenters. The Morgan fingerprint density at radius 1 is 1.59 bits per heavy atom. The van der Waals surface area contributed by atoms with Crippen LogP contribution in [0, 0.1) is 19.3 Å². The number of fused-ring (bicyclic) bond motifs is 1. The first-order valence-corrected chi connectivity index (χ1v) is 5.18. The molecule has 17 heavy (non-hydrogen) atoms. The van der Waals surface area contributed by atoms with Crippen molar-refractivity contribution in [2.24, 2.45) is 0 Å². The summed E-state index contributed by atoms with van der Waals surface area (Å²) in [7, 11) is 0. The van der Waals surface area contributed by atoms with E-state index in [0.29, 0.717) is 30.5 Å². The Labute approximate surface area is 97.3 Å². The van der Waals surface area contributed by atoms with E-state index in [-0.39, 0.29) is 17.0 Å². The lowest BCUT2D eigenvalue weighted by molar-refractivity contribution is -0.267. The average molecular weight is 233 g/mol. The predicted octanol–water partition coefficient (Wildman–Crippen LogP) is 1.11. The molecule has 0 saturated heterocycles. The monoisotopic (exact) mass is 233 g/mol. The second kappa shape index (κ2) is 4.74. The van der Waals surface area contributed by atoms with E-state index >= 15 is 0 Å². The van der Waals surface area contributed by atoms with Gasteiger partial charge in [0.15, 0.2) is 6.61 Å². The Hall–Kier alpha value is -2.22. The maximum atomic E-state index is 11.5. The van der Waals surface area contributed by atoms with E-state index < -0.39 is 0 Å². The normalized spacial score (nSPS) is 11.9. The van der Waals surface area contributed by atoms with Gasteiger partial charge in [0.25, 0.3) is 0 Å². The molecule has 0 radical (unpaired) electrons. The number of terminal acetylenes is 1. The Morgan fingerprint density at radius 2 is 2.41 bits per heavy atom. The Morgan fingerprint density at radius 3 is 3.18 bits per heavy atom. The van der Waals surface area contributed by atoms with Gasteiger partial charge in [-0.25, -0.2) is 0 Å². The fourth-order valence-corrected chi connectivity index (χ4v) is 1.46. The highest BCUT2D eigenvalue weighted by Crippen LogP contribution is 2.21. The SMILES string of the molecule is C#CCCC[O+]=c1occ([O-])c2c(C)noc12. The molecule has 0 aromatic carbocycles. The summed E-state index contributed by atoms with van der Waals surface area (Å²) < 4.78 is 15.4. The van der Waals surface area contributed by atoms with Crippen LogP contribution >= 0.6 is 0 Å². The first-order valence-electron chi connectivity index (χ1n) is 5.18. The van der Waals surface area contributed by atoms with Gasteiger partial charge in [-0.3, -0.25) is 4.42 Å². The smallest absolute Gasteiger partial charge is 0.566 e. The van der Waals surface area contributed by atoms with E-state index in [0.717, 1.165) is 6.26 Å². The van der Waals surface area contributed by atoms with Crippen LogP contribution in [0.2, 0.25) is 0 Å². The summed E-state index contributed by atoms with van der Waals surface area (Å²) in [5, 5.41) is 15.6. The second-order valence-electron chi connectivity index (χ2n) is 3.52. The van der Waals surface area contributed by atoms with Crippen molar-refractivity contribution < 1.29 is 14.0 Å². The van der Waals surface area contributed by atoms with Gasteiger partial charge in [0, 0.05) is 12.8 Å². The maximum absolute atomic E-state index is 11.5. The van der Waals surface area contributed by atoms with E-state index in [1.807, 2.05) is 0 Å². The van der Waals surface area contributed by atoms with Crippen LogP contribution in [0.15, 0.2) is 19.6 Å². The molecule has 0 aliphatic carbocycles. The molecular formula is C12H11NO4. The fourth-order valence-electron chi connectivity index (χ4n) is 1.46. The molecule has 2 rings (SSSR count). The summed E-state index contributed by atoms with van der Waals surface area (Å²) in [5.41, 5.74) is 0.933. The third-order valence-electron chi connectivity index (χ3n) is 2.27. The Kier molecular flexibility index (Phi) is 3.15. The Balaban J connectivity index is 2.42. The van der Waals surface area contributed by atoms with Crippen molar-refractivity contribution in [2.75, 3.05) is 6.61 Å². The zero-order valence-electron chi connectivity index (χ0n) is 9.36. The molecule has 0 saturated carbocycles. The minimum Gasteiger partial charge on any atom is -0.868 e. The third-order valence-corrected chi connectivity index (χ3v) is 2.27. The number of rotatable bonds is 3. The molecule has 0 bridgehead atoms. The molecule has 2 aromatic rings. The summed E-state index contributed by atoms with van der Waals surface area (Å²) in [6.45, 7) is 2.09. The number of unbranched alkanes of at least 4 members (excludes halogenated alkanes) is 1. The average Bonchev–Trinajstić information content (AvgIpc) is 2.71. The van der Waals surface area contributed by atoms with E-state index in [4.69, 9.17) is 19.8 Å². The van der Waals surface area contributed by atoms with Crippen molar-refractivity contribution in [1.82, 2.24) is 5.16 Å². The van der Waals surface area contributed by atoms with Gasteiger partial charge in [-0.2, -0.15) is 0 Å². The van der Waals surface area contributed by atoms with E-state index in [1.165, 1.54) is 0 Å². The van der Waals surface area contributed by atoms with Gasteiger partial charge in [-0.15, -0.1) is 12.3 Å². The summed E-state index contributed by atoms with van der Waals surface area (Å²) in [5.74, 6) is 2.24. The van der Waals surface area contributed by atoms with Crippen molar-refractivity contribution in [3.05, 3.63) is 22.0 Å². The summed E-state index contributed by atoms with van der Waals surface area (Å²) in [6, 6.07) is 0. The quantitative estimate of drug-likeness (QED) is 0.452. The highest BCUT2D eigenvalue weighted by Gasteiger charge is 2.16. The van der Waals surface area contributed by atoms with Crippen molar-refractivity contribution in [3.8, 4) is 18.1 Å². The lowest BCUT2D eigenvalue weighted by Gasteiger charge is -1.98. The van der Waals surface area contributed by atoms with E-state index in [2.05, 4.69) is 11.1 Å². The van der Waals surface area contributed by atoms with Crippen LogP contribution in [0.4, 0.5) is 0 Å². The molecule has 0 aliphatic heterocycles. The molecule has 2 heterocycles. The first kappa shape index (κ1) is 11.3. The summed E-state index contributed by atoms with van der Waals surface area (Å²) in [6.07, 6.45) is 7.54. The molecule has 88 valence electrons. The summed E-state index contributed by atoms with van der Waals surface area (Å²) in [4.78, 5) is 0. The molecule has 0 spiro atoms. The molecule has 5 heteroatoms. The largest absolute Gasteiger partial charge is 0.868 e. The van der Waals surface area contributed by atoms with Gasteiger partial charge >= 0.3 is 11.2 Å². The zero-order chi connectivity index (χ0) is 12.3. The van der Waals surface area contributed by atoms with Crippen LogP contribution in [-0.2, 0) is 0 Å². The number of hydrogen-bond acceptors (Lipinski definition) is 4. The van der Waals surface area contributed by atoms with Crippen LogP contribution in [0.3, 0.4) is 0 Å². The van der Waals surface area contributed by atoms with Gasteiger partial charge in [-0.05, 0) is 12.7 Å². The minimum absolute atomic E-state index is 0.164. The van der Waals surface area contributed by atoms with Gasteiger partial charge in [0.1, 0.15) is 0 Å². The topological polar surface area (TPSA) is 73.5 Å². The molecule has 0 aliphatic rings. The second-order valence-corrected chi connectivity index (χ2v) is 3.52. The van der Waals surface area contributed by atoms with Crippen molar-refractivity contribution in [2.45, 2.75) is 19.8 Å². The van der Waals surface area contributed by atoms with Crippen molar-refractivity contribution in [1.29, 1.82) is 0 Å². The standard InChI is InChI=1S/C12H11NO4/c1-3-4-5-6-15-12-11-10(8(2)13-17-11)9(14)7-16-12/h1,7H,4-6H2,2H3. The fraction of sp³-hybridized carbons (Fsp3) is 0.333. The van der Waals surface area contributed by atoms with Gasteiger partial charge < -0.3 is 14.1 Å². The van der Waals surface area contributed by atoms with Gasteiger partial charge in [0.2, 0.25) is 6.26 Å². The summed E-state index contributed by atoms with van der Waals surface area (Å²) >= 11 is 0. The lowest BCUT2D eigenvalue weighted by Crippen LogP contribution is -2.05. The number of aryl methyl sites for hydroxylation is 1. The minimum atomic E-state index is -0.269. The van der Waals surface area contributed by atoms with Gasteiger partial charge in [-0.1, -0.05) is 5.16 Å². The molecule has 2 aromatic heterocycles. The van der Waals surface area contributed by atoms with Crippen LogP contribution in [0.25, 0.3) is 11.0 Å². The molecule has 5 nitrogen and oxygen atoms in total. The highest BCUT2D eigenvalue weighted by molar-refractivity contribution is 5.83. The molecule has 0 amide bonds. The molecular weight excluding hydrogens is 222 g/mol. The number of nitrogens with zero attached hydrogens (tertiary/aromatic N) is 1. The van der Waals surface area contributed by atoms with Gasteiger partial charge in [0.05, 0.1) is 11.1 Å². The Bertz CT molecular complexity index is 630. The van der Waals surface area contributed by atoms with Crippen molar-refractivity contribution >= 4 is 11.0 Å². The first-order chi connectivity index (χ1) is 8.24. The molecule has 0 fully saturated rings. The maximum Gasteiger partial charge on any atom is 0.566 e. The van der Waals surface area contributed by atoms with Crippen LogP contribution in [0.5, 0.6) is 5.75 Å². The van der Waals surface area contributed by atoms with Crippen LogP contribution < -0.4 is 10.7 Å². The van der Waals surface area contributed by atoms with Crippen molar-refractivity contribution in [3.63, 3.8) is 0 Å². The molecule has 0 atom stereocenters. The zero-order valence-corrected chi connectivity index (χ0v) is 9.36. The van der Waals surface area contributed by atoms with Crippen LogP contribution in [0.1, 0.15) is 18.5 Å². The predicted molar refractivity (Wildman–Crippen MR) is 59.7 cm³/mol.